The fourth-order valence-corrected chi connectivity index (χ4v) is 2.14. The Bertz CT molecular complexity index is 559. The van der Waals surface area contributed by atoms with E-state index in [1.165, 1.54) is 6.33 Å². The molecule has 0 aliphatic heterocycles. The van der Waals surface area contributed by atoms with Crippen LogP contribution in [-0.4, -0.2) is 35.0 Å². The zero-order chi connectivity index (χ0) is 14.4. The third-order valence-electron chi connectivity index (χ3n) is 2.81. The predicted octanol–water partition coefficient (Wildman–Crippen LogP) is 2.37. The van der Waals surface area contributed by atoms with Gasteiger partial charge in [-0.25, -0.2) is 9.67 Å². The van der Waals surface area contributed by atoms with E-state index in [1.54, 1.807) is 17.9 Å². The minimum absolute atomic E-state index is 0.542. The molecule has 5 nitrogen and oxygen atoms in total. The maximum Gasteiger partial charge on any atom is 0.141 e. The van der Waals surface area contributed by atoms with Gasteiger partial charge in [-0.15, -0.1) is 0 Å². The molecule has 0 fully saturated rings. The van der Waals surface area contributed by atoms with Gasteiger partial charge in [0.1, 0.15) is 12.2 Å². The fraction of sp³-hybridized carbons (Fsp3) is 0.385. The third kappa shape index (κ3) is 3.93. The molecular formula is C13H16Cl2N4O. The SMILES string of the molecule is COCCNCc1ncnn1Cc1cccc(Cl)c1Cl. The maximum atomic E-state index is 6.18. The van der Waals surface area contributed by atoms with Gasteiger partial charge in [0.2, 0.25) is 0 Å². The first-order chi connectivity index (χ1) is 9.72. The topological polar surface area (TPSA) is 52.0 Å². The molecule has 1 aromatic heterocycles. The quantitative estimate of drug-likeness (QED) is 0.797. The summed E-state index contributed by atoms with van der Waals surface area (Å²) in [5.41, 5.74) is 0.919. The summed E-state index contributed by atoms with van der Waals surface area (Å²) in [5, 5.41) is 8.55. The van der Waals surface area contributed by atoms with E-state index in [0.29, 0.717) is 29.7 Å². The molecule has 0 radical (unpaired) electrons. The van der Waals surface area contributed by atoms with Gasteiger partial charge in [0.05, 0.1) is 29.7 Å². The van der Waals surface area contributed by atoms with Crippen molar-refractivity contribution in [3.63, 3.8) is 0 Å². The van der Waals surface area contributed by atoms with Gasteiger partial charge < -0.3 is 10.1 Å². The summed E-state index contributed by atoms with van der Waals surface area (Å²) in [6, 6.07) is 5.57. The summed E-state index contributed by atoms with van der Waals surface area (Å²) >= 11 is 12.2. The highest BCUT2D eigenvalue weighted by atomic mass is 35.5. The maximum absolute atomic E-state index is 6.18. The number of hydrogen-bond donors (Lipinski definition) is 1. The van der Waals surface area contributed by atoms with Crippen molar-refractivity contribution in [2.75, 3.05) is 20.3 Å². The first kappa shape index (κ1) is 15.3. The van der Waals surface area contributed by atoms with Crippen LogP contribution in [0.1, 0.15) is 11.4 Å². The summed E-state index contributed by atoms with van der Waals surface area (Å²) in [7, 11) is 1.67. The van der Waals surface area contributed by atoms with Gasteiger partial charge >= 0.3 is 0 Å². The molecular weight excluding hydrogens is 299 g/mol. The standard InChI is InChI=1S/C13H16Cl2N4O/c1-20-6-5-16-7-12-17-9-18-19(12)8-10-3-2-4-11(14)13(10)15/h2-4,9,16H,5-8H2,1H3. The zero-order valence-electron chi connectivity index (χ0n) is 11.1. The van der Waals surface area contributed by atoms with Gasteiger partial charge in [0, 0.05) is 13.7 Å². The number of aromatic nitrogens is 3. The van der Waals surface area contributed by atoms with Crippen LogP contribution in [0.2, 0.25) is 10.0 Å². The Morgan fingerprint density at radius 1 is 1.35 bits per heavy atom. The molecule has 0 atom stereocenters. The largest absolute Gasteiger partial charge is 0.383 e. The molecule has 0 unspecified atom stereocenters. The minimum Gasteiger partial charge on any atom is -0.383 e. The van der Waals surface area contributed by atoms with E-state index < -0.39 is 0 Å². The minimum atomic E-state index is 0.542. The average molecular weight is 315 g/mol. The van der Waals surface area contributed by atoms with Crippen molar-refractivity contribution >= 4 is 23.2 Å². The Hall–Kier alpha value is -1.14. The Morgan fingerprint density at radius 3 is 3.00 bits per heavy atom. The highest BCUT2D eigenvalue weighted by Crippen LogP contribution is 2.26. The second kappa shape index (κ2) is 7.59. The molecule has 0 saturated carbocycles. The van der Waals surface area contributed by atoms with Crippen LogP contribution in [0.4, 0.5) is 0 Å². The van der Waals surface area contributed by atoms with Crippen molar-refractivity contribution in [2.45, 2.75) is 13.1 Å². The van der Waals surface area contributed by atoms with Gasteiger partial charge in [-0.2, -0.15) is 5.10 Å². The van der Waals surface area contributed by atoms with Crippen molar-refractivity contribution in [3.05, 3.63) is 46.0 Å². The smallest absolute Gasteiger partial charge is 0.141 e. The van der Waals surface area contributed by atoms with Crippen LogP contribution in [-0.2, 0) is 17.8 Å². The highest BCUT2D eigenvalue weighted by molar-refractivity contribution is 6.42. The lowest BCUT2D eigenvalue weighted by Crippen LogP contribution is -2.21. The van der Waals surface area contributed by atoms with E-state index in [4.69, 9.17) is 27.9 Å². The number of benzene rings is 1. The predicted molar refractivity (Wildman–Crippen MR) is 79.2 cm³/mol. The first-order valence-corrected chi connectivity index (χ1v) is 6.97. The van der Waals surface area contributed by atoms with Crippen LogP contribution in [0.5, 0.6) is 0 Å². The van der Waals surface area contributed by atoms with E-state index in [0.717, 1.165) is 17.9 Å². The van der Waals surface area contributed by atoms with Gasteiger partial charge in [0.15, 0.2) is 0 Å². The van der Waals surface area contributed by atoms with Crippen LogP contribution >= 0.6 is 23.2 Å². The summed E-state index contributed by atoms with van der Waals surface area (Å²) in [6.07, 6.45) is 1.53. The van der Waals surface area contributed by atoms with Crippen LogP contribution in [0.25, 0.3) is 0 Å². The number of halogens is 2. The molecule has 1 N–H and O–H groups in total. The summed E-state index contributed by atoms with van der Waals surface area (Å²) < 4.78 is 6.78. The second-order valence-corrected chi connectivity index (χ2v) is 5.00. The van der Waals surface area contributed by atoms with Crippen LogP contribution in [0, 0.1) is 0 Å². The summed E-state index contributed by atoms with van der Waals surface area (Å²) in [5.74, 6) is 0.845. The Labute approximate surface area is 127 Å². The Balaban J connectivity index is 2.03. The lowest BCUT2D eigenvalue weighted by Gasteiger charge is -2.09. The fourth-order valence-electron chi connectivity index (χ4n) is 1.76. The van der Waals surface area contributed by atoms with Crippen LogP contribution in [0.3, 0.4) is 0 Å². The number of rotatable bonds is 7. The van der Waals surface area contributed by atoms with Crippen molar-refractivity contribution in [1.82, 2.24) is 20.1 Å². The molecule has 0 saturated heterocycles. The van der Waals surface area contributed by atoms with Crippen molar-refractivity contribution in [1.29, 1.82) is 0 Å². The molecule has 1 aromatic carbocycles. The lowest BCUT2D eigenvalue weighted by atomic mass is 10.2. The van der Waals surface area contributed by atoms with Gasteiger partial charge in [-0.05, 0) is 11.6 Å². The zero-order valence-corrected chi connectivity index (χ0v) is 12.7. The molecule has 20 heavy (non-hydrogen) atoms. The number of hydrogen-bond acceptors (Lipinski definition) is 4. The van der Waals surface area contributed by atoms with E-state index in [2.05, 4.69) is 15.4 Å². The highest BCUT2D eigenvalue weighted by Gasteiger charge is 2.09. The Kier molecular flexibility index (Phi) is 5.79. The second-order valence-electron chi connectivity index (χ2n) is 4.22. The summed E-state index contributed by atoms with van der Waals surface area (Å²) in [6.45, 7) is 2.60. The molecule has 1 heterocycles. The van der Waals surface area contributed by atoms with Crippen LogP contribution < -0.4 is 5.32 Å². The van der Waals surface area contributed by atoms with Gasteiger partial charge in [-0.1, -0.05) is 35.3 Å². The molecule has 0 spiro atoms. The normalized spacial score (nSPS) is 10.9. The molecule has 7 heteroatoms. The lowest BCUT2D eigenvalue weighted by molar-refractivity contribution is 0.198. The molecule has 0 aliphatic carbocycles. The van der Waals surface area contributed by atoms with E-state index >= 15 is 0 Å². The molecule has 2 rings (SSSR count). The molecule has 2 aromatic rings. The molecule has 0 bridgehead atoms. The number of nitrogens with one attached hydrogen (secondary N) is 1. The molecule has 108 valence electrons. The number of ether oxygens (including phenoxy) is 1. The third-order valence-corrected chi connectivity index (χ3v) is 3.67. The van der Waals surface area contributed by atoms with Gasteiger partial charge in [-0.3, -0.25) is 0 Å². The van der Waals surface area contributed by atoms with Crippen LogP contribution in [0.15, 0.2) is 24.5 Å². The number of nitrogens with zero attached hydrogens (tertiary/aromatic N) is 3. The van der Waals surface area contributed by atoms with E-state index in [-0.39, 0.29) is 0 Å². The monoisotopic (exact) mass is 314 g/mol. The molecule has 0 amide bonds. The number of methoxy groups -OCH3 is 1. The first-order valence-electron chi connectivity index (χ1n) is 6.21. The Morgan fingerprint density at radius 2 is 2.20 bits per heavy atom. The van der Waals surface area contributed by atoms with E-state index in [1.807, 2.05) is 12.1 Å². The molecule has 0 aliphatic rings. The van der Waals surface area contributed by atoms with E-state index in [9.17, 15) is 0 Å². The van der Waals surface area contributed by atoms with Crippen molar-refractivity contribution < 1.29 is 4.74 Å². The van der Waals surface area contributed by atoms with Gasteiger partial charge in [0.25, 0.3) is 0 Å². The summed E-state index contributed by atoms with van der Waals surface area (Å²) in [4.78, 5) is 4.23. The van der Waals surface area contributed by atoms with Crippen molar-refractivity contribution in [3.8, 4) is 0 Å². The average Bonchev–Trinajstić information content (AvgIpc) is 2.87. The van der Waals surface area contributed by atoms with Crippen molar-refractivity contribution in [2.24, 2.45) is 0 Å².